The van der Waals surface area contributed by atoms with Gasteiger partial charge in [0.05, 0.1) is 42.3 Å². The van der Waals surface area contributed by atoms with Crippen LogP contribution in [0, 0.1) is 6.92 Å². The van der Waals surface area contributed by atoms with Crippen LogP contribution >= 0.6 is 11.6 Å². The van der Waals surface area contributed by atoms with Crippen LogP contribution in [-0.4, -0.2) is 73.6 Å². The number of alkyl halides is 2. The molecule has 8 nitrogen and oxygen atoms in total. The molecule has 0 bridgehead atoms. The molecule has 0 spiro atoms. The molecule has 0 amide bonds. The lowest BCUT2D eigenvalue weighted by atomic mass is 9.84. The molecule has 2 saturated heterocycles. The minimum Gasteiger partial charge on any atom is -0.389 e. The van der Waals surface area contributed by atoms with Crippen LogP contribution < -0.4 is 5.32 Å². The van der Waals surface area contributed by atoms with Crippen LogP contribution in [0.25, 0.3) is 10.9 Å². The number of benzene rings is 1. The van der Waals surface area contributed by atoms with E-state index in [4.69, 9.17) is 16.3 Å². The molecule has 3 aliphatic rings. The zero-order valence-corrected chi connectivity index (χ0v) is 21.0. The molecular formula is C25H29ClF2N6O2. The average Bonchev–Trinajstić information content (AvgIpc) is 3.13. The van der Waals surface area contributed by atoms with Gasteiger partial charge in [-0.2, -0.15) is 5.10 Å². The molecule has 4 heterocycles. The number of hydrogen-bond acceptors (Lipinski definition) is 7. The molecule has 3 atom stereocenters. The van der Waals surface area contributed by atoms with E-state index < -0.39 is 18.1 Å². The number of nitrogens with zero attached hydrogens (tertiary/aromatic N) is 5. The second-order valence-corrected chi connectivity index (χ2v) is 10.9. The Morgan fingerprint density at radius 2 is 1.97 bits per heavy atom. The van der Waals surface area contributed by atoms with Crippen molar-refractivity contribution in [3.05, 3.63) is 40.8 Å². The fourth-order valence-electron chi connectivity index (χ4n) is 5.60. The molecule has 2 aliphatic heterocycles. The Morgan fingerprint density at radius 1 is 1.22 bits per heavy atom. The summed E-state index contributed by atoms with van der Waals surface area (Å²) >= 11 is 6.30. The molecule has 11 heteroatoms. The highest BCUT2D eigenvalue weighted by Crippen LogP contribution is 2.53. The SMILES string of the molecule is Cc1cc2cnc(Nc3cnn(C4CC4(F)F)c3Cl)nc2cc1C1CCN(C2(C)COCC2O)CC1. The van der Waals surface area contributed by atoms with Crippen LogP contribution in [0.3, 0.4) is 0 Å². The maximum absolute atomic E-state index is 13.4. The predicted octanol–water partition coefficient (Wildman–Crippen LogP) is 4.44. The van der Waals surface area contributed by atoms with Gasteiger partial charge < -0.3 is 15.2 Å². The van der Waals surface area contributed by atoms with E-state index >= 15 is 0 Å². The van der Waals surface area contributed by atoms with Gasteiger partial charge in [-0.25, -0.2) is 23.4 Å². The summed E-state index contributed by atoms with van der Waals surface area (Å²) in [6.45, 7) is 6.97. The standard InChI is InChI=1S/C25H29ClF2N6O2/c1-14-7-16-10-29-23(32-19-11-30-34(22(19)26)20-9-25(20,27)28)31-18(16)8-17(14)15-3-5-33(6-4-15)24(2)13-36-12-21(24)35/h7-8,10-11,15,20-21,35H,3-6,9,12-13H2,1-2H3,(H,29,31,32). The lowest BCUT2D eigenvalue weighted by molar-refractivity contribution is -0.00214. The molecule has 0 radical (unpaired) electrons. The number of aliphatic hydroxyl groups is 1. The molecule has 1 saturated carbocycles. The smallest absolute Gasteiger partial charge is 0.272 e. The van der Waals surface area contributed by atoms with Gasteiger partial charge >= 0.3 is 0 Å². The van der Waals surface area contributed by atoms with Crippen molar-refractivity contribution in [3.8, 4) is 0 Å². The Labute approximate surface area is 212 Å². The topological polar surface area (TPSA) is 88.3 Å². The second kappa shape index (κ2) is 8.58. The number of aromatic nitrogens is 4. The van der Waals surface area contributed by atoms with Gasteiger partial charge in [0, 0.05) is 18.0 Å². The lowest BCUT2D eigenvalue weighted by Crippen LogP contribution is -2.56. The van der Waals surface area contributed by atoms with E-state index in [2.05, 4.69) is 51.3 Å². The number of hydrogen-bond donors (Lipinski definition) is 2. The van der Waals surface area contributed by atoms with Crippen LogP contribution in [0.1, 0.15) is 49.3 Å². The highest BCUT2D eigenvalue weighted by molar-refractivity contribution is 6.32. The fourth-order valence-corrected chi connectivity index (χ4v) is 5.86. The summed E-state index contributed by atoms with van der Waals surface area (Å²) in [6.07, 6.45) is 4.44. The van der Waals surface area contributed by atoms with Crippen LogP contribution in [0.2, 0.25) is 5.15 Å². The molecule has 1 aliphatic carbocycles. The predicted molar refractivity (Wildman–Crippen MR) is 132 cm³/mol. The first-order chi connectivity index (χ1) is 17.2. The zero-order chi connectivity index (χ0) is 25.2. The molecule has 36 heavy (non-hydrogen) atoms. The molecule has 6 rings (SSSR count). The lowest BCUT2D eigenvalue weighted by Gasteiger charge is -2.43. The van der Waals surface area contributed by atoms with Crippen LogP contribution in [0.15, 0.2) is 24.5 Å². The molecule has 1 aromatic carbocycles. The molecule has 3 fully saturated rings. The second-order valence-electron chi connectivity index (χ2n) is 10.5. The maximum Gasteiger partial charge on any atom is 0.272 e. The number of aryl methyl sites for hydroxylation is 1. The number of ether oxygens (including phenoxy) is 1. The van der Waals surface area contributed by atoms with E-state index in [1.807, 2.05) is 0 Å². The van der Waals surface area contributed by atoms with Crippen LogP contribution in [-0.2, 0) is 4.74 Å². The van der Waals surface area contributed by atoms with Gasteiger partial charge in [0.15, 0.2) is 5.15 Å². The summed E-state index contributed by atoms with van der Waals surface area (Å²) in [5, 5.41) is 18.5. The first kappa shape index (κ1) is 24.0. The van der Waals surface area contributed by atoms with Gasteiger partial charge in [0.2, 0.25) is 5.95 Å². The van der Waals surface area contributed by atoms with Gasteiger partial charge in [0.25, 0.3) is 5.92 Å². The van der Waals surface area contributed by atoms with Gasteiger partial charge in [0.1, 0.15) is 6.04 Å². The monoisotopic (exact) mass is 518 g/mol. The maximum atomic E-state index is 13.4. The third kappa shape index (κ3) is 4.04. The summed E-state index contributed by atoms with van der Waals surface area (Å²) in [4.78, 5) is 11.4. The van der Waals surface area contributed by atoms with Crippen molar-refractivity contribution in [2.75, 3.05) is 31.6 Å². The quantitative estimate of drug-likeness (QED) is 0.516. The number of likely N-dealkylation sites (tertiary alicyclic amines) is 1. The fraction of sp³-hybridized carbons (Fsp3) is 0.560. The van der Waals surface area contributed by atoms with E-state index in [1.54, 1.807) is 6.20 Å². The third-order valence-electron chi connectivity index (χ3n) is 8.08. The number of anilines is 2. The normalized spacial score (nSPS) is 28.6. The van der Waals surface area contributed by atoms with E-state index in [-0.39, 0.29) is 17.1 Å². The van der Waals surface area contributed by atoms with Crippen molar-refractivity contribution in [1.82, 2.24) is 24.6 Å². The number of aliphatic hydroxyl groups excluding tert-OH is 1. The van der Waals surface area contributed by atoms with Gasteiger partial charge in [-0.05, 0) is 69.0 Å². The molecule has 2 aromatic heterocycles. The van der Waals surface area contributed by atoms with Gasteiger partial charge in [-0.3, -0.25) is 4.90 Å². The molecule has 192 valence electrons. The van der Waals surface area contributed by atoms with E-state index in [1.165, 1.54) is 17.3 Å². The van der Waals surface area contributed by atoms with Crippen molar-refractivity contribution < 1.29 is 18.6 Å². The van der Waals surface area contributed by atoms with Crippen LogP contribution in [0.5, 0.6) is 0 Å². The highest BCUT2D eigenvalue weighted by atomic mass is 35.5. The van der Waals surface area contributed by atoms with Crippen LogP contribution in [0.4, 0.5) is 20.4 Å². The van der Waals surface area contributed by atoms with E-state index in [9.17, 15) is 13.9 Å². The van der Waals surface area contributed by atoms with Gasteiger partial charge in [-0.1, -0.05) is 11.6 Å². The van der Waals surface area contributed by atoms with E-state index in [0.717, 1.165) is 41.5 Å². The number of nitrogens with one attached hydrogen (secondary N) is 1. The average molecular weight is 519 g/mol. The number of rotatable bonds is 5. The Bertz CT molecular complexity index is 1310. The molecular weight excluding hydrogens is 490 g/mol. The van der Waals surface area contributed by atoms with Crippen molar-refractivity contribution >= 4 is 34.1 Å². The zero-order valence-electron chi connectivity index (χ0n) is 20.2. The largest absolute Gasteiger partial charge is 0.389 e. The summed E-state index contributed by atoms with van der Waals surface area (Å²) in [7, 11) is 0. The molecule has 3 unspecified atom stereocenters. The summed E-state index contributed by atoms with van der Waals surface area (Å²) in [6, 6.07) is 3.24. The summed E-state index contributed by atoms with van der Waals surface area (Å²) < 4.78 is 33.6. The Morgan fingerprint density at radius 3 is 2.64 bits per heavy atom. The van der Waals surface area contributed by atoms with Crippen molar-refractivity contribution in [3.63, 3.8) is 0 Å². The highest BCUT2D eigenvalue weighted by Gasteiger charge is 2.59. The summed E-state index contributed by atoms with van der Waals surface area (Å²) in [5.41, 5.74) is 3.35. The van der Waals surface area contributed by atoms with Gasteiger partial charge in [-0.15, -0.1) is 0 Å². The number of halogens is 3. The Kier molecular flexibility index (Phi) is 5.71. The molecule has 3 aromatic rings. The van der Waals surface area contributed by atoms with Crippen molar-refractivity contribution in [2.45, 2.75) is 62.6 Å². The number of fused-ring (bicyclic) bond motifs is 1. The Balaban J connectivity index is 1.20. The number of piperidine rings is 1. The van der Waals surface area contributed by atoms with Crippen molar-refractivity contribution in [1.29, 1.82) is 0 Å². The first-order valence-electron chi connectivity index (χ1n) is 12.3. The third-order valence-corrected chi connectivity index (χ3v) is 8.46. The summed E-state index contributed by atoms with van der Waals surface area (Å²) in [5.74, 6) is -2.04. The molecule has 2 N–H and O–H groups in total. The minimum absolute atomic E-state index is 0.115. The van der Waals surface area contributed by atoms with Crippen molar-refractivity contribution in [2.24, 2.45) is 0 Å². The van der Waals surface area contributed by atoms with E-state index in [0.29, 0.717) is 30.8 Å². The minimum atomic E-state index is -2.76. The Hall–Kier alpha value is -2.40. The first-order valence-corrected chi connectivity index (χ1v) is 12.7.